The Kier molecular flexibility index (Phi) is 6.97. The van der Waals surface area contributed by atoms with Crippen LogP contribution >= 0.6 is 31.9 Å². The topological polar surface area (TPSA) is 52.6 Å². The fourth-order valence-corrected chi connectivity index (χ4v) is 2.60. The average Bonchev–Trinajstić information content (AvgIpc) is 2.42. The summed E-state index contributed by atoms with van der Waals surface area (Å²) in [6.45, 7) is 1.14. The van der Waals surface area contributed by atoms with Gasteiger partial charge in [-0.05, 0) is 22.3 Å². The maximum atomic E-state index is 10.3. The second-order valence-corrected chi connectivity index (χ2v) is 4.59. The van der Waals surface area contributed by atoms with Crippen molar-refractivity contribution in [2.75, 3.05) is 0 Å². The molecule has 1 rings (SSSR count). The van der Waals surface area contributed by atoms with Crippen LogP contribution in [-0.2, 0) is 42.9 Å². The van der Waals surface area contributed by atoms with E-state index in [2.05, 4.69) is 31.9 Å². The molecule has 0 saturated heterocycles. The molecule has 98 valence electrons. The molecule has 0 unspecified atom stereocenters. The van der Waals surface area contributed by atoms with E-state index in [1.165, 1.54) is 0 Å². The maximum Gasteiger partial charge on any atom is 0.293 e. The van der Waals surface area contributed by atoms with Crippen molar-refractivity contribution in [3.05, 3.63) is 34.4 Å². The first-order valence-electron chi connectivity index (χ1n) is 5.12. The third kappa shape index (κ3) is 4.10. The summed E-state index contributed by atoms with van der Waals surface area (Å²) >= 11 is 6.82. The van der Waals surface area contributed by atoms with Crippen molar-refractivity contribution in [1.82, 2.24) is 0 Å². The van der Waals surface area contributed by atoms with Crippen molar-refractivity contribution in [3.63, 3.8) is 0 Å². The molecule has 0 aliphatic rings. The van der Waals surface area contributed by atoms with Gasteiger partial charge in [0.05, 0.1) is 0 Å². The van der Waals surface area contributed by atoms with E-state index < -0.39 is 0 Å². The summed E-state index contributed by atoms with van der Waals surface area (Å²) in [5.41, 5.74) is 3.88. The first kappa shape index (κ1) is 15.2. The third-order valence-electron chi connectivity index (χ3n) is 2.42. The number of carbonyl (C=O) groups is 2. The summed E-state index contributed by atoms with van der Waals surface area (Å²) in [5.74, 6) is 0. The van der Waals surface area contributed by atoms with Gasteiger partial charge in [-0.3, -0.25) is 9.59 Å². The average molecular weight is 380 g/mol. The highest BCUT2D eigenvalue weighted by atomic mass is 79.9. The van der Waals surface area contributed by atoms with Crippen LogP contribution in [0.1, 0.15) is 22.3 Å². The molecule has 0 spiro atoms. The number of carbonyl (C=O) groups excluding carboxylic acids is 2. The lowest BCUT2D eigenvalue weighted by Crippen LogP contribution is -2.03. The smallest absolute Gasteiger partial charge is 0.293 e. The second-order valence-electron chi connectivity index (χ2n) is 3.47. The number of benzene rings is 1. The van der Waals surface area contributed by atoms with E-state index in [0.29, 0.717) is 23.6 Å². The van der Waals surface area contributed by atoms with Crippen LogP contribution in [-0.4, -0.2) is 12.9 Å². The molecule has 0 heterocycles. The van der Waals surface area contributed by atoms with Gasteiger partial charge in [-0.15, -0.1) is 0 Å². The fourth-order valence-electron chi connectivity index (χ4n) is 1.56. The Hall–Kier alpha value is -0.880. The van der Waals surface area contributed by atoms with Crippen LogP contribution in [0.5, 0.6) is 0 Å². The van der Waals surface area contributed by atoms with Gasteiger partial charge in [0.1, 0.15) is 13.2 Å². The molecule has 0 N–H and O–H groups in total. The number of halogens is 2. The van der Waals surface area contributed by atoms with Crippen LogP contribution in [0.2, 0.25) is 0 Å². The molecular weight excluding hydrogens is 368 g/mol. The lowest BCUT2D eigenvalue weighted by atomic mass is 10.0. The molecule has 1 aromatic carbocycles. The van der Waals surface area contributed by atoms with Gasteiger partial charge in [-0.1, -0.05) is 44.0 Å². The van der Waals surface area contributed by atoms with E-state index in [0.717, 1.165) is 22.3 Å². The fraction of sp³-hybridized carbons (Fsp3) is 0.333. The first-order chi connectivity index (χ1) is 8.76. The minimum Gasteiger partial charge on any atom is -0.463 e. The van der Waals surface area contributed by atoms with Crippen LogP contribution in [0.25, 0.3) is 0 Å². The lowest BCUT2D eigenvalue weighted by molar-refractivity contribution is -0.131. The summed E-state index contributed by atoms with van der Waals surface area (Å²) in [6, 6.07) is 3.89. The first-order valence-corrected chi connectivity index (χ1v) is 7.37. The van der Waals surface area contributed by atoms with Gasteiger partial charge in [0.15, 0.2) is 0 Å². The molecule has 0 aliphatic heterocycles. The molecular formula is C12H12Br2O4. The highest BCUT2D eigenvalue weighted by Gasteiger charge is 2.10. The SMILES string of the molecule is O=COCc1cc(CBr)c(CBr)cc1COC=O. The Morgan fingerprint density at radius 3 is 1.50 bits per heavy atom. The van der Waals surface area contributed by atoms with E-state index in [-0.39, 0.29) is 13.2 Å². The summed E-state index contributed by atoms with van der Waals surface area (Å²) in [7, 11) is 0. The quantitative estimate of drug-likeness (QED) is 0.514. The molecule has 0 atom stereocenters. The standard InChI is InChI=1S/C12H12Br2O4/c13-3-9-1-11(5-17-7-15)12(6-18-8-16)2-10(9)4-14/h1-2,7-8H,3-6H2. The molecule has 0 bridgehead atoms. The van der Waals surface area contributed by atoms with Crippen molar-refractivity contribution in [1.29, 1.82) is 0 Å². The van der Waals surface area contributed by atoms with Gasteiger partial charge in [-0.2, -0.15) is 0 Å². The van der Waals surface area contributed by atoms with Gasteiger partial charge < -0.3 is 9.47 Å². The van der Waals surface area contributed by atoms with E-state index >= 15 is 0 Å². The highest BCUT2D eigenvalue weighted by molar-refractivity contribution is 9.09. The second kappa shape index (κ2) is 8.26. The highest BCUT2D eigenvalue weighted by Crippen LogP contribution is 2.23. The molecule has 0 fully saturated rings. The van der Waals surface area contributed by atoms with E-state index in [1.807, 2.05) is 12.1 Å². The molecule has 0 amide bonds. The van der Waals surface area contributed by atoms with Crippen molar-refractivity contribution >= 4 is 44.8 Å². The summed E-state index contributed by atoms with van der Waals surface area (Å²) in [6.07, 6.45) is 0. The molecule has 1 aromatic rings. The monoisotopic (exact) mass is 378 g/mol. The van der Waals surface area contributed by atoms with Crippen molar-refractivity contribution < 1.29 is 19.1 Å². The summed E-state index contributed by atoms with van der Waals surface area (Å²) in [5, 5.41) is 1.41. The Balaban J connectivity index is 3.08. The molecule has 0 aromatic heterocycles. The Labute approximate surface area is 122 Å². The van der Waals surface area contributed by atoms with Crippen LogP contribution in [0.4, 0.5) is 0 Å². The lowest BCUT2D eigenvalue weighted by Gasteiger charge is -2.13. The predicted octanol–water partition coefficient (Wildman–Crippen LogP) is 2.82. The van der Waals surface area contributed by atoms with E-state index in [1.54, 1.807) is 0 Å². The van der Waals surface area contributed by atoms with Crippen LogP contribution in [0.15, 0.2) is 12.1 Å². The molecule has 18 heavy (non-hydrogen) atoms. The molecule has 6 heteroatoms. The maximum absolute atomic E-state index is 10.3. The zero-order valence-corrected chi connectivity index (χ0v) is 12.7. The Morgan fingerprint density at radius 2 is 1.22 bits per heavy atom. The van der Waals surface area contributed by atoms with Gasteiger partial charge in [-0.25, -0.2) is 0 Å². The number of hydrogen-bond acceptors (Lipinski definition) is 4. The van der Waals surface area contributed by atoms with Crippen LogP contribution < -0.4 is 0 Å². The van der Waals surface area contributed by atoms with Gasteiger partial charge in [0, 0.05) is 10.7 Å². The van der Waals surface area contributed by atoms with E-state index in [9.17, 15) is 9.59 Å². The van der Waals surface area contributed by atoms with Gasteiger partial charge >= 0.3 is 0 Å². The van der Waals surface area contributed by atoms with Crippen LogP contribution in [0.3, 0.4) is 0 Å². The van der Waals surface area contributed by atoms with Gasteiger partial charge in [0.2, 0.25) is 0 Å². The Bertz CT molecular complexity index is 382. The normalized spacial score (nSPS) is 9.89. The van der Waals surface area contributed by atoms with Gasteiger partial charge in [0.25, 0.3) is 12.9 Å². The minimum absolute atomic E-state index is 0.170. The molecule has 0 aliphatic carbocycles. The number of ether oxygens (including phenoxy) is 2. The summed E-state index contributed by atoms with van der Waals surface area (Å²) in [4.78, 5) is 20.5. The Morgan fingerprint density at radius 1 is 0.833 bits per heavy atom. The third-order valence-corrected chi connectivity index (χ3v) is 3.63. The largest absolute Gasteiger partial charge is 0.463 e. The number of rotatable bonds is 8. The van der Waals surface area contributed by atoms with Crippen molar-refractivity contribution in [2.24, 2.45) is 0 Å². The number of alkyl halides is 2. The predicted molar refractivity (Wildman–Crippen MR) is 73.4 cm³/mol. The van der Waals surface area contributed by atoms with E-state index in [4.69, 9.17) is 9.47 Å². The molecule has 0 radical (unpaired) electrons. The number of hydrogen-bond donors (Lipinski definition) is 0. The molecule has 4 nitrogen and oxygen atoms in total. The van der Waals surface area contributed by atoms with Crippen molar-refractivity contribution in [3.8, 4) is 0 Å². The summed E-state index contributed by atoms with van der Waals surface area (Å²) < 4.78 is 9.52. The zero-order chi connectivity index (χ0) is 13.4. The van der Waals surface area contributed by atoms with Crippen molar-refractivity contribution in [2.45, 2.75) is 23.9 Å². The molecule has 0 saturated carbocycles. The zero-order valence-electron chi connectivity index (χ0n) is 9.53. The van der Waals surface area contributed by atoms with Crippen LogP contribution in [0, 0.1) is 0 Å². The minimum atomic E-state index is 0.170.